The highest BCUT2D eigenvalue weighted by Gasteiger charge is 2.21. The lowest BCUT2D eigenvalue weighted by Gasteiger charge is -2.17. The van der Waals surface area contributed by atoms with Gasteiger partial charge in [-0.3, -0.25) is 14.2 Å². The van der Waals surface area contributed by atoms with E-state index in [-0.39, 0.29) is 11.5 Å². The fraction of sp³-hybridized carbons (Fsp3) is 0.222. The summed E-state index contributed by atoms with van der Waals surface area (Å²) in [5.74, 6) is 0.570. The fourth-order valence-electron chi connectivity index (χ4n) is 3.68. The quantitative estimate of drug-likeness (QED) is 0.283. The number of amides is 1. The molecule has 1 amide bonds. The molecule has 0 saturated carbocycles. The minimum Gasteiger partial charge on any atom is -0.494 e. The summed E-state index contributed by atoms with van der Waals surface area (Å²) in [4.78, 5) is 31.2. The molecule has 34 heavy (non-hydrogen) atoms. The topological polar surface area (TPSA) is 73.2 Å². The standard InChI is InChI=1S/C27H27N3O3S/c1-5-33-21-13-11-20(12-14-21)30-26(32)22-8-6-7-9-24(22)29-27(30)34-19(4)25(31)28-23-15-10-17(2)16-18(23)3/h6-16,19H,5H2,1-4H3,(H,28,31). The van der Waals surface area contributed by atoms with E-state index in [4.69, 9.17) is 9.72 Å². The second kappa shape index (κ2) is 10.1. The van der Waals surface area contributed by atoms with Crippen LogP contribution < -0.4 is 15.6 Å². The fourth-order valence-corrected chi connectivity index (χ4v) is 4.60. The predicted molar refractivity (Wildman–Crippen MR) is 138 cm³/mol. The Labute approximate surface area is 203 Å². The molecule has 0 aliphatic heterocycles. The molecule has 1 N–H and O–H groups in total. The third-order valence-electron chi connectivity index (χ3n) is 5.44. The smallest absolute Gasteiger partial charge is 0.266 e. The van der Waals surface area contributed by atoms with Crippen molar-refractivity contribution in [2.45, 2.75) is 38.1 Å². The molecule has 0 aliphatic rings. The van der Waals surface area contributed by atoms with Crippen LogP contribution in [-0.2, 0) is 4.79 Å². The molecule has 0 spiro atoms. The van der Waals surface area contributed by atoms with E-state index in [9.17, 15) is 9.59 Å². The zero-order valence-electron chi connectivity index (χ0n) is 19.7. The van der Waals surface area contributed by atoms with Crippen molar-refractivity contribution in [3.05, 3.63) is 88.2 Å². The molecule has 0 aliphatic carbocycles. The molecule has 7 heteroatoms. The van der Waals surface area contributed by atoms with Crippen molar-refractivity contribution in [2.24, 2.45) is 0 Å². The summed E-state index contributed by atoms with van der Waals surface area (Å²) in [6.07, 6.45) is 0. The summed E-state index contributed by atoms with van der Waals surface area (Å²) in [6, 6.07) is 20.4. The first-order valence-electron chi connectivity index (χ1n) is 11.2. The Kier molecular flexibility index (Phi) is 7.03. The van der Waals surface area contributed by atoms with E-state index in [0.717, 1.165) is 22.6 Å². The van der Waals surface area contributed by atoms with Crippen molar-refractivity contribution in [3.8, 4) is 11.4 Å². The van der Waals surface area contributed by atoms with Gasteiger partial charge in [0, 0.05) is 5.69 Å². The Bertz CT molecular complexity index is 1400. The number of nitrogens with zero attached hydrogens (tertiary/aromatic N) is 2. The molecule has 1 aromatic heterocycles. The first kappa shape index (κ1) is 23.6. The van der Waals surface area contributed by atoms with Crippen LogP contribution in [0.25, 0.3) is 16.6 Å². The number of aromatic nitrogens is 2. The van der Waals surface area contributed by atoms with Gasteiger partial charge in [-0.2, -0.15) is 0 Å². The van der Waals surface area contributed by atoms with Crippen molar-refractivity contribution in [3.63, 3.8) is 0 Å². The van der Waals surface area contributed by atoms with E-state index in [1.165, 1.54) is 11.8 Å². The molecule has 0 fully saturated rings. The van der Waals surface area contributed by atoms with Crippen LogP contribution in [0.3, 0.4) is 0 Å². The maximum absolute atomic E-state index is 13.5. The summed E-state index contributed by atoms with van der Waals surface area (Å²) in [5, 5.41) is 3.49. The monoisotopic (exact) mass is 473 g/mol. The Morgan fingerprint density at radius 1 is 1.09 bits per heavy atom. The third kappa shape index (κ3) is 4.99. The van der Waals surface area contributed by atoms with Crippen LogP contribution in [0.5, 0.6) is 5.75 Å². The van der Waals surface area contributed by atoms with Gasteiger partial charge in [0.1, 0.15) is 5.75 Å². The van der Waals surface area contributed by atoms with Crippen LogP contribution in [-0.4, -0.2) is 27.3 Å². The lowest BCUT2D eigenvalue weighted by molar-refractivity contribution is -0.115. The van der Waals surface area contributed by atoms with Gasteiger partial charge in [0.15, 0.2) is 5.16 Å². The molecule has 0 radical (unpaired) electrons. The van der Waals surface area contributed by atoms with Crippen molar-refractivity contribution < 1.29 is 9.53 Å². The summed E-state index contributed by atoms with van der Waals surface area (Å²) < 4.78 is 7.10. The number of benzene rings is 3. The van der Waals surface area contributed by atoms with Crippen molar-refractivity contribution in [1.29, 1.82) is 0 Å². The Hall–Kier alpha value is -3.58. The highest BCUT2D eigenvalue weighted by Crippen LogP contribution is 2.27. The van der Waals surface area contributed by atoms with Crippen molar-refractivity contribution in [1.82, 2.24) is 9.55 Å². The number of para-hydroxylation sites is 1. The number of fused-ring (bicyclic) bond motifs is 1. The molecule has 1 atom stereocenters. The van der Waals surface area contributed by atoms with Gasteiger partial charge < -0.3 is 10.1 Å². The molecular formula is C27H27N3O3S. The molecule has 1 heterocycles. The summed E-state index contributed by atoms with van der Waals surface area (Å²) in [7, 11) is 0. The van der Waals surface area contributed by atoms with Crippen LogP contribution >= 0.6 is 11.8 Å². The molecule has 0 bridgehead atoms. The molecule has 3 aromatic carbocycles. The molecular weight excluding hydrogens is 446 g/mol. The number of aryl methyl sites for hydroxylation is 2. The van der Waals surface area contributed by atoms with Crippen LogP contribution in [0.2, 0.25) is 0 Å². The van der Waals surface area contributed by atoms with Crippen LogP contribution in [0.1, 0.15) is 25.0 Å². The third-order valence-corrected chi connectivity index (χ3v) is 6.49. The number of thioether (sulfide) groups is 1. The van der Waals surface area contributed by atoms with Gasteiger partial charge in [-0.05, 0) is 75.7 Å². The highest BCUT2D eigenvalue weighted by atomic mass is 32.2. The van der Waals surface area contributed by atoms with E-state index >= 15 is 0 Å². The van der Waals surface area contributed by atoms with Gasteiger partial charge in [-0.25, -0.2) is 4.98 Å². The summed E-state index contributed by atoms with van der Waals surface area (Å²) in [6.45, 7) is 8.28. The van der Waals surface area contributed by atoms with Crippen LogP contribution in [0, 0.1) is 13.8 Å². The Morgan fingerprint density at radius 2 is 1.82 bits per heavy atom. The summed E-state index contributed by atoms with van der Waals surface area (Å²) >= 11 is 1.25. The van der Waals surface area contributed by atoms with E-state index in [1.54, 1.807) is 10.6 Å². The zero-order chi connectivity index (χ0) is 24.2. The number of carbonyl (C=O) groups is 1. The maximum atomic E-state index is 13.5. The number of hydrogen-bond donors (Lipinski definition) is 1. The minimum absolute atomic E-state index is 0.155. The van der Waals surface area contributed by atoms with Gasteiger partial charge in [-0.1, -0.05) is 41.6 Å². The molecule has 4 aromatic rings. The lowest BCUT2D eigenvalue weighted by atomic mass is 10.1. The maximum Gasteiger partial charge on any atom is 0.266 e. The Morgan fingerprint density at radius 3 is 2.53 bits per heavy atom. The van der Waals surface area contributed by atoms with E-state index < -0.39 is 5.25 Å². The molecule has 6 nitrogen and oxygen atoms in total. The average molecular weight is 474 g/mol. The van der Waals surface area contributed by atoms with Gasteiger partial charge in [0.25, 0.3) is 5.56 Å². The second-order valence-corrected chi connectivity index (χ2v) is 9.35. The Balaban J connectivity index is 1.70. The van der Waals surface area contributed by atoms with Gasteiger partial charge >= 0.3 is 0 Å². The predicted octanol–water partition coefficient (Wildman–Crippen LogP) is 5.52. The normalized spacial score (nSPS) is 11.9. The largest absolute Gasteiger partial charge is 0.494 e. The van der Waals surface area contributed by atoms with Gasteiger partial charge in [-0.15, -0.1) is 0 Å². The minimum atomic E-state index is -0.484. The number of rotatable bonds is 7. The first-order valence-corrected chi connectivity index (χ1v) is 12.0. The second-order valence-electron chi connectivity index (χ2n) is 8.05. The van der Waals surface area contributed by atoms with Crippen molar-refractivity contribution in [2.75, 3.05) is 11.9 Å². The molecule has 1 unspecified atom stereocenters. The number of nitrogens with one attached hydrogen (secondary N) is 1. The lowest BCUT2D eigenvalue weighted by Crippen LogP contribution is -2.26. The summed E-state index contributed by atoms with van der Waals surface area (Å²) in [5.41, 5.74) is 3.99. The van der Waals surface area contributed by atoms with Crippen molar-refractivity contribution >= 4 is 34.3 Å². The SMILES string of the molecule is CCOc1ccc(-n2c(SC(C)C(=O)Nc3ccc(C)cc3C)nc3ccccc3c2=O)cc1. The van der Waals surface area contributed by atoms with E-state index in [0.29, 0.717) is 28.4 Å². The number of ether oxygens (including phenoxy) is 1. The zero-order valence-corrected chi connectivity index (χ0v) is 20.5. The highest BCUT2D eigenvalue weighted by molar-refractivity contribution is 8.00. The number of hydrogen-bond acceptors (Lipinski definition) is 5. The van der Waals surface area contributed by atoms with Crippen LogP contribution in [0.15, 0.2) is 76.7 Å². The van der Waals surface area contributed by atoms with Gasteiger partial charge in [0.05, 0.1) is 28.4 Å². The number of carbonyl (C=O) groups excluding carboxylic acids is 1. The van der Waals surface area contributed by atoms with Gasteiger partial charge in [0.2, 0.25) is 5.91 Å². The molecule has 0 saturated heterocycles. The molecule has 174 valence electrons. The average Bonchev–Trinajstić information content (AvgIpc) is 2.82. The van der Waals surface area contributed by atoms with E-state index in [2.05, 4.69) is 5.32 Å². The first-order chi connectivity index (χ1) is 16.4. The molecule has 4 rings (SSSR count). The number of anilines is 1. The van der Waals surface area contributed by atoms with E-state index in [1.807, 2.05) is 88.4 Å². The van der Waals surface area contributed by atoms with Crippen LogP contribution in [0.4, 0.5) is 5.69 Å².